The second kappa shape index (κ2) is 8.59. The first-order valence-corrected chi connectivity index (χ1v) is 11.0. The molecule has 170 valence electrons. The Morgan fingerprint density at radius 1 is 0.971 bits per heavy atom. The molecule has 0 radical (unpaired) electrons. The summed E-state index contributed by atoms with van der Waals surface area (Å²) in [7, 11) is 0. The molecule has 2 heterocycles. The summed E-state index contributed by atoms with van der Waals surface area (Å²) < 4.78 is 15.4. The predicted octanol–water partition coefficient (Wildman–Crippen LogP) is 4.51. The van der Waals surface area contributed by atoms with Gasteiger partial charge >= 0.3 is 0 Å². The standard InChI is InChI=1S/C27H23FN4O2/c1-16-8-6-7-11-21(16)26(33)29-24-23(18-12-14-19(28)15-13-18)22-17(2)31-32(25(22)30-27(24)34)20-9-4-3-5-10-20/h3-15,23-24H,1-2H3,(H,29,33)(H,30,34)/t23-,24+/m1/s1. The highest BCUT2D eigenvalue weighted by atomic mass is 19.1. The molecule has 2 amide bonds. The average Bonchev–Trinajstić information content (AvgIpc) is 3.16. The van der Waals surface area contributed by atoms with Crippen molar-refractivity contribution in [2.75, 3.05) is 5.32 Å². The number of para-hydroxylation sites is 1. The lowest BCUT2D eigenvalue weighted by Gasteiger charge is -2.33. The zero-order valence-electron chi connectivity index (χ0n) is 18.7. The van der Waals surface area contributed by atoms with Gasteiger partial charge in [-0.1, -0.05) is 48.5 Å². The summed E-state index contributed by atoms with van der Waals surface area (Å²) in [6.45, 7) is 3.71. The lowest BCUT2D eigenvalue weighted by molar-refractivity contribution is -0.118. The molecule has 0 aliphatic carbocycles. The summed E-state index contributed by atoms with van der Waals surface area (Å²) in [6, 6.07) is 21.8. The van der Waals surface area contributed by atoms with Crippen LogP contribution >= 0.6 is 0 Å². The molecular weight excluding hydrogens is 431 g/mol. The Hall–Kier alpha value is -4.26. The molecule has 0 fully saturated rings. The zero-order chi connectivity index (χ0) is 23.8. The van der Waals surface area contributed by atoms with Crippen LogP contribution in [-0.4, -0.2) is 27.6 Å². The van der Waals surface area contributed by atoms with Crippen molar-refractivity contribution in [2.24, 2.45) is 0 Å². The molecule has 0 bridgehead atoms. The number of hydrogen-bond acceptors (Lipinski definition) is 3. The first-order valence-electron chi connectivity index (χ1n) is 11.0. The smallest absolute Gasteiger partial charge is 0.252 e. The lowest BCUT2D eigenvalue weighted by Crippen LogP contribution is -2.50. The average molecular weight is 455 g/mol. The monoisotopic (exact) mass is 454 g/mol. The van der Waals surface area contributed by atoms with Crippen LogP contribution in [0.15, 0.2) is 78.9 Å². The van der Waals surface area contributed by atoms with E-state index in [0.29, 0.717) is 22.6 Å². The summed E-state index contributed by atoms with van der Waals surface area (Å²) in [4.78, 5) is 26.6. The number of carbonyl (C=O) groups is 2. The normalized spacial score (nSPS) is 17.1. The molecule has 7 heteroatoms. The van der Waals surface area contributed by atoms with Crippen molar-refractivity contribution in [3.8, 4) is 5.69 Å². The molecule has 1 aromatic heterocycles. The number of carbonyl (C=O) groups excluding carboxylic acids is 2. The van der Waals surface area contributed by atoms with Crippen molar-refractivity contribution >= 4 is 17.6 Å². The Bertz CT molecular complexity index is 1380. The number of aromatic nitrogens is 2. The number of halogens is 1. The third kappa shape index (κ3) is 3.75. The van der Waals surface area contributed by atoms with Crippen molar-refractivity contribution in [2.45, 2.75) is 25.8 Å². The summed E-state index contributed by atoms with van der Waals surface area (Å²) in [5, 5.41) is 10.6. The molecular formula is C27H23FN4O2. The number of aryl methyl sites for hydroxylation is 2. The van der Waals surface area contributed by atoms with E-state index in [4.69, 9.17) is 5.10 Å². The van der Waals surface area contributed by atoms with Gasteiger partial charge in [0.25, 0.3) is 5.91 Å². The molecule has 0 saturated heterocycles. The highest BCUT2D eigenvalue weighted by Gasteiger charge is 2.41. The quantitative estimate of drug-likeness (QED) is 0.476. The van der Waals surface area contributed by atoms with Gasteiger partial charge < -0.3 is 10.6 Å². The molecule has 2 atom stereocenters. The molecule has 5 rings (SSSR count). The van der Waals surface area contributed by atoms with E-state index in [2.05, 4.69) is 10.6 Å². The highest BCUT2D eigenvalue weighted by molar-refractivity contribution is 6.04. The van der Waals surface area contributed by atoms with Gasteiger partial charge in [0.2, 0.25) is 5.91 Å². The summed E-state index contributed by atoms with van der Waals surface area (Å²) in [5.74, 6) is -1.08. The fourth-order valence-corrected chi connectivity index (χ4v) is 4.53. The number of hydrogen-bond donors (Lipinski definition) is 2. The second-order valence-corrected chi connectivity index (χ2v) is 8.38. The molecule has 0 spiro atoms. The topological polar surface area (TPSA) is 76.0 Å². The Labute approximate surface area is 196 Å². The third-order valence-corrected chi connectivity index (χ3v) is 6.18. The molecule has 3 aromatic carbocycles. The molecule has 4 aromatic rings. The second-order valence-electron chi connectivity index (χ2n) is 8.38. The highest BCUT2D eigenvalue weighted by Crippen LogP contribution is 2.40. The van der Waals surface area contributed by atoms with Gasteiger partial charge in [0.15, 0.2) is 0 Å². The van der Waals surface area contributed by atoms with E-state index in [9.17, 15) is 14.0 Å². The van der Waals surface area contributed by atoms with Crippen molar-refractivity contribution in [1.82, 2.24) is 15.1 Å². The minimum Gasteiger partial charge on any atom is -0.339 e. The van der Waals surface area contributed by atoms with E-state index in [1.807, 2.05) is 56.3 Å². The van der Waals surface area contributed by atoms with Gasteiger partial charge in [-0.15, -0.1) is 0 Å². The number of anilines is 1. The summed E-state index contributed by atoms with van der Waals surface area (Å²) >= 11 is 0. The minimum absolute atomic E-state index is 0.345. The van der Waals surface area contributed by atoms with Gasteiger partial charge in [-0.25, -0.2) is 9.07 Å². The van der Waals surface area contributed by atoms with E-state index >= 15 is 0 Å². The Morgan fingerprint density at radius 3 is 2.35 bits per heavy atom. The van der Waals surface area contributed by atoms with Gasteiger partial charge in [0, 0.05) is 17.0 Å². The largest absolute Gasteiger partial charge is 0.339 e. The molecule has 6 nitrogen and oxygen atoms in total. The molecule has 2 N–H and O–H groups in total. The predicted molar refractivity (Wildman–Crippen MR) is 128 cm³/mol. The van der Waals surface area contributed by atoms with Gasteiger partial charge in [-0.05, 0) is 55.3 Å². The lowest BCUT2D eigenvalue weighted by atomic mass is 9.81. The van der Waals surface area contributed by atoms with Crippen LogP contribution in [0.2, 0.25) is 0 Å². The van der Waals surface area contributed by atoms with Gasteiger partial charge in [0.05, 0.1) is 11.4 Å². The van der Waals surface area contributed by atoms with E-state index in [-0.39, 0.29) is 17.6 Å². The van der Waals surface area contributed by atoms with Crippen LogP contribution in [0.1, 0.15) is 38.7 Å². The van der Waals surface area contributed by atoms with Crippen molar-refractivity contribution in [3.05, 3.63) is 113 Å². The fraction of sp³-hybridized carbons (Fsp3) is 0.148. The number of benzene rings is 3. The SMILES string of the molecule is Cc1ccccc1C(=O)N[C@@H]1C(=O)Nc2c(c(C)nn2-c2ccccc2)[C@H]1c1ccc(F)cc1. The van der Waals surface area contributed by atoms with Gasteiger partial charge in [-0.3, -0.25) is 9.59 Å². The van der Waals surface area contributed by atoms with Crippen LogP contribution in [0.3, 0.4) is 0 Å². The van der Waals surface area contributed by atoms with Crippen molar-refractivity contribution in [3.63, 3.8) is 0 Å². The Balaban J connectivity index is 1.63. The first-order chi connectivity index (χ1) is 16.4. The number of nitrogens with zero attached hydrogens (tertiary/aromatic N) is 2. The first kappa shape index (κ1) is 21.6. The number of rotatable bonds is 4. The number of fused-ring (bicyclic) bond motifs is 1. The van der Waals surface area contributed by atoms with Crippen LogP contribution in [0.5, 0.6) is 0 Å². The maximum Gasteiger partial charge on any atom is 0.252 e. The van der Waals surface area contributed by atoms with Crippen LogP contribution < -0.4 is 10.6 Å². The maximum absolute atomic E-state index is 13.7. The molecule has 0 saturated carbocycles. The van der Waals surface area contributed by atoms with Crippen molar-refractivity contribution in [1.29, 1.82) is 0 Å². The maximum atomic E-state index is 13.7. The van der Waals surface area contributed by atoms with Crippen LogP contribution in [0.25, 0.3) is 5.69 Å². The van der Waals surface area contributed by atoms with Gasteiger partial charge in [0.1, 0.15) is 17.7 Å². The molecule has 0 unspecified atom stereocenters. The van der Waals surface area contributed by atoms with Crippen LogP contribution in [-0.2, 0) is 4.79 Å². The summed E-state index contributed by atoms with van der Waals surface area (Å²) in [6.07, 6.45) is 0. The minimum atomic E-state index is -0.905. The number of nitrogens with one attached hydrogen (secondary N) is 2. The van der Waals surface area contributed by atoms with Gasteiger partial charge in [-0.2, -0.15) is 5.10 Å². The van der Waals surface area contributed by atoms with Crippen LogP contribution in [0.4, 0.5) is 10.2 Å². The summed E-state index contributed by atoms with van der Waals surface area (Å²) in [5.41, 5.74) is 4.31. The Kier molecular flexibility index (Phi) is 5.45. The van der Waals surface area contributed by atoms with Crippen LogP contribution in [0, 0.1) is 19.7 Å². The molecule has 1 aliphatic heterocycles. The van der Waals surface area contributed by atoms with E-state index in [1.54, 1.807) is 28.9 Å². The molecule has 34 heavy (non-hydrogen) atoms. The van der Waals surface area contributed by atoms with E-state index in [0.717, 1.165) is 16.8 Å². The third-order valence-electron chi connectivity index (χ3n) is 6.18. The Morgan fingerprint density at radius 2 is 1.65 bits per heavy atom. The van der Waals surface area contributed by atoms with Crippen molar-refractivity contribution < 1.29 is 14.0 Å². The molecule has 1 aliphatic rings. The fourth-order valence-electron chi connectivity index (χ4n) is 4.53. The van der Waals surface area contributed by atoms with E-state index in [1.165, 1.54) is 12.1 Å². The number of amides is 2. The zero-order valence-corrected chi connectivity index (χ0v) is 18.7. The van der Waals surface area contributed by atoms with E-state index < -0.39 is 12.0 Å².